The number of benzene rings is 1. The van der Waals surface area contributed by atoms with Crippen molar-refractivity contribution in [3.05, 3.63) is 35.6 Å². The number of nitrogens with one attached hydrogen (secondary N) is 2. The van der Waals surface area contributed by atoms with E-state index in [0.29, 0.717) is 36.2 Å². The molecule has 2 heterocycles. The monoisotopic (exact) mass is 466 g/mol. The summed E-state index contributed by atoms with van der Waals surface area (Å²) < 4.78 is 20.2. The molecule has 9 heteroatoms. The summed E-state index contributed by atoms with van der Waals surface area (Å²) in [6.07, 6.45) is 5.78. The molecule has 1 amide bonds. The average molecular weight is 467 g/mol. The first-order valence-corrected chi connectivity index (χ1v) is 12.0. The van der Waals surface area contributed by atoms with Crippen LogP contribution in [0.4, 0.5) is 16.2 Å². The normalized spacial score (nSPS) is 21.1. The number of hydrogen-bond donors (Lipinski definition) is 2. The molecule has 2 fully saturated rings. The van der Waals surface area contributed by atoms with E-state index in [9.17, 15) is 9.18 Å². The first-order chi connectivity index (χ1) is 16.5. The van der Waals surface area contributed by atoms with Crippen LogP contribution in [-0.2, 0) is 9.53 Å². The summed E-state index contributed by atoms with van der Waals surface area (Å²) >= 11 is 0. The van der Waals surface area contributed by atoms with Gasteiger partial charge in [0, 0.05) is 24.7 Å². The van der Waals surface area contributed by atoms with Crippen LogP contribution < -0.4 is 15.5 Å². The molecular weight excluding hydrogens is 435 g/mol. The Morgan fingerprint density at radius 1 is 1.26 bits per heavy atom. The summed E-state index contributed by atoms with van der Waals surface area (Å²) in [6, 6.07) is 8.32. The van der Waals surface area contributed by atoms with E-state index in [4.69, 9.17) is 10.00 Å². The molecule has 8 nitrogen and oxygen atoms in total. The SMILES string of the molecule is CCC1COC(C(=O)NC2CCCCC2)CN1c1cc(-c2ccc(C#N)c(F)c2)nc(NC)n1. The second-order valence-corrected chi connectivity index (χ2v) is 8.87. The van der Waals surface area contributed by atoms with E-state index in [0.717, 1.165) is 32.1 Å². The number of halogens is 1. The Kier molecular flexibility index (Phi) is 7.58. The number of anilines is 2. The third-order valence-corrected chi connectivity index (χ3v) is 6.62. The molecule has 1 aromatic heterocycles. The number of ether oxygens (including phenoxy) is 1. The van der Waals surface area contributed by atoms with Gasteiger partial charge < -0.3 is 20.3 Å². The van der Waals surface area contributed by atoms with Gasteiger partial charge in [-0.2, -0.15) is 10.2 Å². The lowest BCUT2D eigenvalue weighted by Crippen LogP contribution is -2.56. The molecule has 2 N–H and O–H groups in total. The fourth-order valence-corrected chi connectivity index (χ4v) is 4.62. The maximum atomic E-state index is 14.3. The van der Waals surface area contributed by atoms with Gasteiger partial charge in [0.1, 0.15) is 17.7 Å². The molecule has 1 aromatic carbocycles. The van der Waals surface area contributed by atoms with Gasteiger partial charge in [-0.15, -0.1) is 0 Å². The third-order valence-electron chi connectivity index (χ3n) is 6.62. The minimum Gasteiger partial charge on any atom is -0.364 e. The average Bonchev–Trinajstić information content (AvgIpc) is 2.88. The van der Waals surface area contributed by atoms with E-state index in [1.165, 1.54) is 18.6 Å². The van der Waals surface area contributed by atoms with E-state index in [2.05, 4.69) is 32.4 Å². The van der Waals surface area contributed by atoms with Crippen LogP contribution in [0.5, 0.6) is 0 Å². The Morgan fingerprint density at radius 2 is 2.06 bits per heavy atom. The van der Waals surface area contributed by atoms with E-state index >= 15 is 0 Å². The number of morpholine rings is 1. The van der Waals surface area contributed by atoms with Crippen molar-refractivity contribution in [2.24, 2.45) is 0 Å². The number of amides is 1. The van der Waals surface area contributed by atoms with Crippen molar-refractivity contribution in [2.75, 3.05) is 30.4 Å². The molecule has 180 valence electrons. The molecular formula is C25H31FN6O2. The van der Waals surface area contributed by atoms with E-state index in [1.54, 1.807) is 19.2 Å². The van der Waals surface area contributed by atoms with E-state index < -0.39 is 11.9 Å². The second-order valence-electron chi connectivity index (χ2n) is 8.87. The number of carbonyl (C=O) groups excluding carboxylic acids is 1. The number of rotatable bonds is 6. The highest BCUT2D eigenvalue weighted by molar-refractivity contribution is 5.82. The van der Waals surface area contributed by atoms with Crippen LogP contribution in [0.15, 0.2) is 24.3 Å². The van der Waals surface area contributed by atoms with E-state index in [-0.39, 0.29) is 23.6 Å². The van der Waals surface area contributed by atoms with Crippen LogP contribution >= 0.6 is 0 Å². The Hall–Kier alpha value is -3.25. The van der Waals surface area contributed by atoms with Crippen LogP contribution in [0.25, 0.3) is 11.3 Å². The fraction of sp³-hybridized carbons (Fsp3) is 0.520. The number of nitriles is 1. The molecule has 1 aliphatic heterocycles. The molecule has 2 unspecified atom stereocenters. The molecule has 0 radical (unpaired) electrons. The predicted molar refractivity (Wildman–Crippen MR) is 128 cm³/mol. The lowest BCUT2D eigenvalue weighted by Gasteiger charge is -2.40. The molecule has 2 aromatic rings. The lowest BCUT2D eigenvalue weighted by atomic mass is 9.95. The molecule has 2 atom stereocenters. The van der Waals surface area contributed by atoms with Crippen molar-refractivity contribution in [3.63, 3.8) is 0 Å². The van der Waals surface area contributed by atoms with Crippen LogP contribution in [0.3, 0.4) is 0 Å². The standard InChI is InChI=1S/C25H31FN6O2/c1-3-19-15-34-22(24(33)29-18-7-5-4-6-8-18)14-32(19)23-12-21(30-25(28-2)31-23)16-9-10-17(13-27)20(26)11-16/h9-12,18-19,22H,3-8,14-15H2,1-2H3,(H,29,33)(H,28,30,31). The third kappa shape index (κ3) is 5.28. The van der Waals surface area contributed by atoms with Gasteiger partial charge in [-0.1, -0.05) is 32.3 Å². The second kappa shape index (κ2) is 10.8. The summed E-state index contributed by atoms with van der Waals surface area (Å²) in [5, 5.41) is 15.2. The largest absolute Gasteiger partial charge is 0.364 e. The summed E-state index contributed by atoms with van der Waals surface area (Å²) in [6.45, 7) is 2.86. The molecule has 2 aliphatic rings. The van der Waals surface area contributed by atoms with Gasteiger partial charge in [0.15, 0.2) is 6.10 Å². The fourth-order valence-electron chi connectivity index (χ4n) is 4.62. The maximum absolute atomic E-state index is 14.3. The first kappa shape index (κ1) is 23.9. The quantitative estimate of drug-likeness (QED) is 0.670. The minimum atomic E-state index is -0.594. The van der Waals surface area contributed by atoms with Gasteiger partial charge in [-0.25, -0.2) is 9.37 Å². The Balaban J connectivity index is 1.60. The van der Waals surface area contributed by atoms with E-state index in [1.807, 2.05) is 6.07 Å². The summed E-state index contributed by atoms with van der Waals surface area (Å²) in [5.74, 6) is 0.360. The van der Waals surface area contributed by atoms with Gasteiger partial charge >= 0.3 is 0 Å². The zero-order valence-corrected chi connectivity index (χ0v) is 19.7. The lowest BCUT2D eigenvalue weighted by molar-refractivity contribution is -0.135. The van der Waals surface area contributed by atoms with Crippen LogP contribution in [-0.4, -0.2) is 54.3 Å². The molecule has 0 bridgehead atoms. The predicted octanol–water partition coefficient (Wildman–Crippen LogP) is 3.63. The van der Waals surface area contributed by atoms with Crippen molar-refractivity contribution < 1.29 is 13.9 Å². The molecule has 4 rings (SSSR count). The van der Waals surface area contributed by atoms with Gasteiger partial charge in [0.05, 0.1) is 30.5 Å². The van der Waals surface area contributed by atoms with Crippen LogP contribution in [0, 0.1) is 17.1 Å². The highest BCUT2D eigenvalue weighted by atomic mass is 19.1. The zero-order chi connectivity index (χ0) is 24.1. The first-order valence-electron chi connectivity index (χ1n) is 12.0. The molecule has 1 aliphatic carbocycles. The summed E-state index contributed by atoms with van der Waals surface area (Å²) in [7, 11) is 1.72. The van der Waals surface area contributed by atoms with Crippen molar-refractivity contribution in [1.82, 2.24) is 15.3 Å². The Labute approximate surface area is 199 Å². The van der Waals surface area contributed by atoms with Crippen molar-refractivity contribution in [3.8, 4) is 17.3 Å². The molecule has 34 heavy (non-hydrogen) atoms. The van der Waals surface area contributed by atoms with Crippen molar-refractivity contribution in [2.45, 2.75) is 63.6 Å². The van der Waals surface area contributed by atoms with Crippen LogP contribution in [0.2, 0.25) is 0 Å². The van der Waals surface area contributed by atoms with Crippen molar-refractivity contribution >= 4 is 17.7 Å². The summed E-state index contributed by atoms with van der Waals surface area (Å²) in [4.78, 5) is 24.2. The highest BCUT2D eigenvalue weighted by Crippen LogP contribution is 2.29. The smallest absolute Gasteiger partial charge is 0.251 e. The highest BCUT2D eigenvalue weighted by Gasteiger charge is 2.34. The molecule has 1 saturated carbocycles. The maximum Gasteiger partial charge on any atom is 0.251 e. The number of nitrogens with zero attached hydrogens (tertiary/aromatic N) is 4. The van der Waals surface area contributed by atoms with Gasteiger partial charge in [0.2, 0.25) is 5.95 Å². The minimum absolute atomic E-state index is 0.0158. The van der Waals surface area contributed by atoms with Crippen LogP contribution in [0.1, 0.15) is 51.0 Å². The number of aromatic nitrogens is 2. The molecule has 1 saturated heterocycles. The van der Waals surface area contributed by atoms with Gasteiger partial charge in [0.25, 0.3) is 5.91 Å². The van der Waals surface area contributed by atoms with Gasteiger partial charge in [-0.05, 0) is 31.4 Å². The summed E-state index contributed by atoms with van der Waals surface area (Å²) in [5.41, 5.74) is 1.06. The Bertz CT molecular complexity index is 1070. The molecule has 0 spiro atoms. The van der Waals surface area contributed by atoms with Crippen molar-refractivity contribution in [1.29, 1.82) is 5.26 Å². The van der Waals surface area contributed by atoms with Gasteiger partial charge in [-0.3, -0.25) is 4.79 Å². The zero-order valence-electron chi connectivity index (χ0n) is 19.7. The topological polar surface area (TPSA) is 103 Å². The number of carbonyl (C=O) groups is 1. The Morgan fingerprint density at radius 3 is 2.74 bits per heavy atom. The number of hydrogen-bond acceptors (Lipinski definition) is 7.